The smallest absolute Gasteiger partial charge is 0.407 e. The maximum atomic E-state index is 14.2. The summed E-state index contributed by atoms with van der Waals surface area (Å²) in [6.07, 6.45) is 2.01. The van der Waals surface area contributed by atoms with E-state index in [-0.39, 0.29) is 60.9 Å². The fourth-order valence-electron chi connectivity index (χ4n) is 6.71. The highest BCUT2D eigenvalue weighted by Gasteiger charge is 2.34. The Morgan fingerprint density at radius 3 is 1.98 bits per heavy atom. The van der Waals surface area contributed by atoms with Crippen molar-refractivity contribution >= 4 is 35.8 Å². The molecule has 0 spiro atoms. The molecule has 6 atom stereocenters. The number of aliphatic hydroxyl groups excluding tert-OH is 1. The largest absolute Gasteiger partial charge is 0.444 e. The van der Waals surface area contributed by atoms with Gasteiger partial charge in [0.15, 0.2) is 6.10 Å². The molecule has 2 rings (SSSR count). The van der Waals surface area contributed by atoms with E-state index in [2.05, 4.69) is 21.3 Å². The summed E-state index contributed by atoms with van der Waals surface area (Å²) in [6, 6.07) is 0. The monoisotopic (exact) mass is 875 g/mol. The number of nitrogens with one attached hydrogen (secondary N) is 4. The Balaban J connectivity index is 2.47. The van der Waals surface area contributed by atoms with Crippen molar-refractivity contribution in [3.05, 3.63) is 58.5 Å². The van der Waals surface area contributed by atoms with Gasteiger partial charge in [-0.1, -0.05) is 38.2 Å². The van der Waals surface area contributed by atoms with Crippen molar-refractivity contribution in [2.45, 2.75) is 118 Å². The Kier molecular flexibility index (Phi) is 21.0. The van der Waals surface area contributed by atoms with E-state index in [4.69, 9.17) is 29.4 Å². The lowest BCUT2D eigenvalue weighted by Crippen LogP contribution is -2.44. The van der Waals surface area contributed by atoms with E-state index in [1.807, 2.05) is 11.8 Å². The summed E-state index contributed by atoms with van der Waals surface area (Å²) in [5, 5.41) is 22.7. The van der Waals surface area contributed by atoms with Gasteiger partial charge < -0.3 is 55.8 Å². The van der Waals surface area contributed by atoms with Gasteiger partial charge in [0.25, 0.3) is 5.91 Å². The molecule has 0 saturated carbocycles. The van der Waals surface area contributed by atoms with E-state index in [9.17, 15) is 33.9 Å². The van der Waals surface area contributed by atoms with Crippen molar-refractivity contribution in [1.82, 2.24) is 26.2 Å². The number of ketones is 2. The Morgan fingerprint density at radius 1 is 0.903 bits per heavy atom. The van der Waals surface area contributed by atoms with Crippen LogP contribution in [-0.4, -0.2) is 135 Å². The van der Waals surface area contributed by atoms with Crippen LogP contribution in [0.1, 0.15) is 82.1 Å². The predicted molar refractivity (Wildman–Crippen MR) is 232 cm³/mol. The number of amides is 4. The summed E-state index contributed by atoms with van der Waals surface area (Å²) in [5.74, 6) is -2.55. The molecule has 1 heterocycles. The Hall–Kier alpha value is -5.04. The molecule has 0 radical (unpaired) electrons. The number of hydrogen-bond donors (Lipinski definition) is 6. The SMILES string of the molecule is CO[C@H]1/C=C\C=C(/C)C(=O)NC2=CC(=O)C(NCCN(CCNC(=O)OC(C)(C)C)CCNC(=O)OC(C)(C)C)=C(C[C@@H](C)C[C@H](OC)[C@H](O)[C@@H](C)/C=C(\C)[C@@H]1OC(N)=O)C2=O. The third-order valence-corrected chi connectivity index (χ3v) is 9.72. The van der Waals surface area contributed by atoms with Gasteiger partial charge in [0.1, 0.15) is 17.3 Å². The third kappa shape index (κ3) is 18.5. The standard InChI is InChI=1S/C44H70N6O12/c1-26-22-30-35(46-16-19-50(20-17-47-41(56)61-43(5,6)7)21-18-48-42(57)62-44(8,9)10)32(51)25-31(37(30)53)49-39(54)27(2)14-13-15-33(58-11)38(60-40(45)55)29(4)24-28(3)36(52)34(23-26)59-12/h13-15,24-26,28,33-34,36,38,46,52H,16-23H2,1-12H3,(H2,45,55)(H,47,56)(H,48,57)(H,49,54)/b15-13-,27-14+,29-24+/t26-,28+,33+,34+,36-,38+/m1/s1. The highest BCUT2D eigenvalue weighted by atomic mass is 16.6. The van der Waals surface area contributed by atoms with E-state index < -0.39 is 77.3 Å². The third-order valence-electron chi connectivity index (χ3n) is 9.72. The molecule has 1 aliphatic heterocycles. The second-order valence-electron chi connectivity index (χ2n) is 17.6. The van der Waals surface area contributed by atoms with Gasteiger partial charge in [-0.15, -0.1) is 0 Å². The Bertz CT molecular complexity index is 1720. The molecule has 62 heavy (non-hydrogen) atoms. The molecule has 2 bridgehead atoms. The number of Topliss-reactive ketones (excluding diaryl/α,β-unsaturated/α-hetero) is 1. The number of allylic oxidation sites excluding steroid dienone is 4. The van der Waals surface area contributed by atoms with Crippen LogP contribution in [0.3, 0.4) is 0 Å². The molecule has 2 aliphatic rings. The summed E-state index contributed by atoms with van der Waals surface area (Å²) in [5.41, 5.74) is 4.79. The van der Waals surface area contributed by atoms with Gasteiger partial charge in [0, 0.05) is 76.6 Å². The summed E-state index contributed by atoms with van der Waals surface area (Å²) in [6.45, 7) is 19.1. The van der Waals surface area contributed by atoms with Gasteiger partial charge >= 0.3 is 18.3 Å². The predicted octanol–water partition coefficient (Wildman–Crippen LogP) is 3.70. The van der Waals surface area contributed by atoms with E-state index >= 15 is 0 Å². The molecule has 7 N–H and O–H groups in total. The molecular weight excluding hydrogens is 805 g/mol. The molecule has 18 nitrogen and oxygen atoms in total. The Morgan fingerprint density at radius 2 is 1.47 bits per heavy atom. The summed E-state index contributed by atoms with van der Waals surface area (Å²) in [4.78, 5) is 79.9. The normalized spacial score (nSPS) is 25.6. The Labute approximate surface area is 366 Å². The van der Waals surface area contributed by atoms with Gasteiger partial charge in [-0.3, -0.25) is 19.3 Å². The highest BCUT2D eigenvalue weighted by Crippen LogP contribution is 2.29. The van der Waals surface area contributed by atoms with Crippen LogP contribution in [0.5, 0.6) is 0 Å². The lowest BCUT2D eigenvalue weighted by molar-refractivity contribution is -0.120. The number of hydrogen-bond acceptors (Lipinski definition) is 14. The molecule has 18 heteroatoms. The van der Waals surface area contributed by atoms with Crippen LogP contribution < -0.4 is 27.0 Å². The fourth-order valence-corrected chi connectivity index (χ4v) is 6.71. The molecule has 1 aliphatic carbocycles. The fraction of sp³-hybridized carbons (Fsp3) is 0.636. The summed E-state index contributed by atoms with van der Waals surface area (Å²) < 4.78 is 27.5. The van der Waals surface area contributed by atoms with Crippen LogP contribution in [0, 0.1) is 11.8 Å². The van der Waals surface area contributed by atoms with E-state index in [0.717, 1.165) is 6.08 Å². The first-order valence-corrected chi connectivity index (χ1v) is 20.8. The van der Waals surface area contributed by atoms with Crippen LogP contribution >= 0.6 is 0 Å². The number of nitrogens with zero attached hydrogens (tertiary/aromatic N) is 1. The van der Waals surface area contributed by atoms with E-state index in [1.54, 1.807) is 67.5 Å². The second kappa shape index (κ2) is 24.6. The average molecular weight is 875 g/mol. The number of carbonyl (C=O) groups is 6. The summed E-state index contributed by atoms with van der Waals surface area (Å²) in [7, 11) is 2.88. The number of ether oxygens (including phenoxy) is 5. The number of fused-ring (bicyclic) bond motifs is 2. The van der Waals surface area contributed by atoms with Crippen molar-refractivity contribution in [3.63, 3.8) is 0 Å². The van der Waals surface area contributed by atoms with Crippen molar-refractivity contribution in [2.75, 3.05) is 53.5 Å². The second-order valence-corrected chi connectivity index (χ2v) is 17.6. The van der Waals surface area contributed by atoms with Crippen LogP contribution in [0.15, 0.2) is 58.5 Å². The minimum atomic E-state index is -1.04. The first kappa shape index (κ1) is 53.1. The molecule has 348 valence electrons. The number of nitrogens with two attached hydrogens (primary N) is 1. The average Bonchev–Trinajstić information content (AvgIpc) is 3.15. The highest BCUT2D eigenvalue weighted by molar-refractivity contribution is 6.23. The zero-order chi connectivity index (χ0) is 46.9. The summed E-state index contributed by atoms with van der Waals surface area (Å²) >= 11 is 0. The maximum Gasteiger partial charge on any atom is 0.407 e. The molecule has 0 fully saturated rings. The number of carbonyl (C=O) groups excluding carboxylic acids is 6. The first-order chi connectivity index (χ1) is 28.8. The van der Waals surface area contributed by atoms with Gasteiger partial charge in [0.2, 0.25) is 11.6 Å². The molecule has 0 unspecified atom stereocenters. The molecular formula is C44H70N6O12. The molecule has 0 saturated heterocycles. The van der Waals surface area contributed by atoms with Crippen LogP contribution in [0.25, 0.3) is 0 Å². The number of rotatable bonds is 13. The number of methoxy groups -OCH3 is 2. The van der Waals surface area contributed by atoms with Crippen molar-refractivity contribution < 1.29 is 57.6 Å². The molecule has 4 amide bonds. The zero-order valence-electron chi connectivity index (χ0n) is 38.5. The first-order valence-electron chi connectivity index (χ1n) is 20.8. The van der Waals surface area contributed by atoms with Crippen LogP contribution in [0.2, 0.25) is 0 Å². The molecule has 0 aromatic rings. The van der Waals surface area contributed by atoms with Gasteiger partial charge in [0.05, 0.1) is 23.6 Å². The van der Waals surface area contributed by atoms with E-state index in [1.165, 1.54) is 33.3 Å². The minimum absolute atomic E-state index is 0.0622. The number of aliphatic hydroxyl groups is 1. The number of primary amides is 1. The quantitative estimate of drug-likeness (QED) is 0.0878. The van der Waals surface area contributed by atoms with Gasteiger partial charge in [-0.25, -0.2) is 14.4 Å². The lowest BCUT2D eigenvalue weighted by atomic mass is 9.85. The number of alkyl carbamates (subject to hydrolysis) is 2. The van der Waals surface area contributed by atoms with Crippen molar-refractivity contribution in [3.8, 4) is 0 Å². The maximum absolute atomic E-state index is 14.2. The topological polar surface area (TPSA) is 246 Å². The van der Waals surface area contributed by atoms with Crippen LogP contribution in [0.4, 0.5) is 14.4 Å². The van der Waals surface area contributed by atoms with E-state index in [0.29, 0.717) is 25.2 Å². The van der Waals surface area contributed by atoms with Gasteiger partial charge in [-0.2, -0.15) is 0 Å². The van der Waals surface area contributed by atoms with Crippen molar-refractivity contribution in [1.29, 1.82) is 0 Å². The van der Waals surface area contributed by atoms with Crippen molar-refractivity contribution in [2.24, 2.45) is 17.6 Å². The molecule has 0 aromatic heterocycles. The zero-order valence-corrected chi connectivity index (χ0v) is 38.5. The van der Waals surface area contributed by atoms with Gasteiger partial charge in [-0.05, 0) is 79.7 Å². The lowest BCUT2D eigenvalue weighted by Gasteiger charge is -2.30. The minimum Gasteiger partial charge on any atom is -0.444 e. The van der Waals surface area contributed by atoms with Crippen LogP contribution in [-0.2, 0) is 38.1 Å². The molecule has 0 aromatic carbocycles.